The van der Waals surface area contributed by atoms with Crippen molar-refractivity contribution in [3.8, 4) is 12.3 Å². The van der Waals surface area contributed by atoms with Crippen LogP contribution in [0.3, 0.4) is 0 Å². The maximum Gasteiger partial charge on any atom is 0.297 e. The molecule has 0 bridgehead atoms. The molecule has 1 aromatic carbocycles. The standard InChI is InChI=1S/C17H16N4OS2/c1-4-10-20-13-7-6-12(23-3)11-15(13)24-17(20)19-16(22)14-8-9-18-21(14)5-2/h1,6-9,11H,5,10H2,2-3H3. The molecule has 0 aliphatic heterocycles. The minimum absolute atomic E-state index is 0.309. The molecule has 0 fully saturated rings. The minimum atomic E-state index is -0.309. The largest absolute Gasteiger partial charge is 0.305 e. The van der Waals surface area contributed by atoms with Gasteiger partial charge in [-0.25, -0.2) is 0 Å². The van der Waals surface area contributed by atoms with Crippen LogP contribution in [0.2, 0.25) is 0 Å². The summed E-state index contributed by atoms with van der Waals surface area (Å²) < 4.78 is 4.60. The fourth-order valence-electron chi connectivity index (χ4n) is 2.42. The topological polar surface area (TPSA) is 52.2 Å². The van der Waals surface area contributed by atoms with E-state index < -0.39 is 0 Å². The van der Waals surface area contributed by atoms with Crippen LogP contribution in [0.4, 0.5) is 0 Å². The van der Waals surface area contributed by atoms with Crippen LogP contribution < -0.4 is 4.80 Å². The van der Waals surface area contributed by atoms with Crippen LogP contribution in [0, 0.1) is 12.3 Å². The normalized spacial score (nSPS) is 11.8. The number of benzene rings is 1. The zero-order valence-electron chi connectivity index (χ0n) is 13.4. The van der Waals surface area contributed by atoms with E-state index in [4.69, 9.17) is 6.42 Å². The lowest BCUT2D eigenvalue weighted by Crippen LogP contribution is -2.18. The number of thioether (sulfide) groups is 1. The number of rotatable bonds is 4. The molecule has 2 heterocycles. The van der Waals surface area contributed by atoms with Crippen molar-refractivity contribution in [1.82, 2.24) is 14.3 Å². The molecule has 0 N–H and O–H groups in total. The molecule has 7 heteroatoms. The molecule has 1 amide bonds. The number of carbonyl (C=O) groups excluding carboxylic acids is 1. The minimum Gasteiger partial charge on any atom is -0.305 e. The Morgan fingerprint density at radius 2 is 2.29 bits per heavy atom. The summed E-state index contributed by atoms with van der Waals surface area (Å²) in [5.74, 6) is 2.33. The summed E-state index contributed by atoms with van der Waals surface area (Å²) in [6.07, 6.45) is 9.14. The van der Waals surface area contributed by atoms with Gasteiger partial charge < -0.3 is 4.57 Å². The number of hydrogen-bond donors (Lipinski definition) is 0. The molecular weight excluding hydrogens is 340 g/mol. The van der Waals surface area contributed by atoms with Gasteiger partial charge in [0.05, 0.1) is 16.8 Å². The summed E-state index contributed by atoms with van der Waals surface area (Å²) in [4.78, 5) is 18.6. The number of aromatic nitrogens is 3. The predicted octanol–water partition coefficient (Wildman–Crippen LogP) is 3.02. The van der Waals surface area contributed by atoms with E-state index in [1.165, 1.54) is 16.2 Å². The maximum absolute atomic E-state index is 12.5. The molecule has 0 unspecified atom stereocenters. The number of thiazole rings is 1. The van der Waals surface area contributed by atoms with Crippen molar-refractivity contribution in [2.24, 2.45) is 4.99 Å². The first kappa shape index (κ1) is 16.6. The Morgan fingerprint density at radius 3 is 3.00 bits per heavy atom. The molecule has 2 aromatic heterocycles. The van der Waals surface area contributed by atoms with Crippen molar-refractivity contribution in [1.29, 1.82) is 0 Å². The van der Waals surface area contributed by atoms with Gasteiger partial charge in [0.15, 0.2) is 4.80 Å². The molecule has 0 atom stereocenters. The Bertz CT molecular complexity index is 1000. The van der Waals surface area contributed by atoms with Gasteiger partial charge in [-0.2, -0.15) is 10.1 Å². The summed E-state index contributed by atoms with van der Waals surface area (Å²) in [7, 11) is 0. The quantitative estimate of drug-likeness (QED) is 0.533. The highest BCUT2D eigenvalue weighted by Crippen LogP contribution is 2.24. The highest BCUT2D eigenvalue weighted by atomic mass is 32.2. The van der Waals surface area contributed by atoms with E-state index in [2.05, 4.69) is 22.1 Å². The second-order valence-corrected chi connectivity index (χ2v) is 6.85. The van der Waals surface area contributed by atoms with Crippen LogP contribution in [0.5, 0.6) is 0 Å². The van der Waals surface area contributed by atoms with Gasteiger partial charge in [-0.15, -0.1) is 18.2 Å². The third-order valence-corrected chi connectivity index (χ3v) is 5.34. The third-order valence-electron chi connectivity index (χ3n) is 3.57. The van der Waals surface area contributed by atoms with E-state index in [1.807, 2.05) is 29.9 Å². The molecule has 0 aliphatic rings. The van der Waals surface area contributed by atoms with Crippen LogP contribution >= 0.6 is 23.1 Å². The lowest BCUT2D eigenvalue weighted by Gasteiger charge is -2.01. The smallest absolute Gasteiger partial charge is 0.297 e. The van der Waals surface area contributed by atoms with Crippen molar-refractivity contribution in [2.75, 3.05) is 6.26 Å². The molecule has 3 rings (SSSR count). The van der Waals surface area contributed by atoms with Gasteiger partial charge in [0.2, 0.25) is 0 Å². The summed E-state index contributed by atoms with van der Waals surface area (Å²) in [6.45, 7) is 2.93. The van der Waals surface area contributed by atoms with Crippen LogP contribution in [0.25, 0.3) is 10.2 Å². The van der Waals surface area contributed by atoms with E-state index in [0.717, 1.165) is 10.2 Å². The predicted molar refractivity (Wildman–Crippen MR) is 98.2 cm³/mol. The van der Waals surface area contributed by atoms with Gasteiger partial charge in [-0.05, 0) is 37.4 Å². The van der Waals surface area contributed by atoms with Gasteiger partial charge in [0, 0.05) is 17.6 Å². The first-order valence-electron chi connectivity index (χ1n) is 7.39. The van der Waals surface area contributed by atoms with Crippen molar-refractivity contribution < 1.29 is 4.79 Å². The Balaban J connectivity index is 2.15. The summed E-state index contributed by atoms with van der Waals surface area (Å²) in [5, 5.41) is 4.12. The van der Waals surface area contributed by atoms with E-state index in [0.29, 0.717) is 23.6 Å². The first-order chi connectivity index (χ1) is 11.7. The molecular formula is C17H16N4OS2. The van der Waals surface area contributed by atoms with Crippen LogP contribution in [0.15, 0.2) is 40.4 Å². The molecule has 3 aromatic rings. The number of hydrogen-bond acceptors (Lipinski definition) is 4. The Kier molecular flexibility index (Phi) is 4.88. The number of terminal acetylenes is 1. The fraction of sp³-hybridized carbons (Fsp3) is 0.235. The van der Waals surface area contributed by atoms with Crippen molar-refractivity contribution >= 4 is 39.2 Å². The Hall–Kier alpha value is -2.30. The van der Waals surface area contributed by atoms with Crippen LogP contribution in [-0.2, 0) is 13.1 Å². The molecule has 0 radical (unpaired) electrons. The second kappa shape index (κ2) is 7.07. The van der Waals surface area contributed by atoms with Crippen LogP contribution in [0.1, 0.15) is 17.4 Å². The zero-order valence-corrected chi connectivity index (χ0v) is 15.0. The zero-order chi connectivity index (χ0) is 17.1. The molecule has 0 spiro atoms. The van der Waals surface area contributed by atoms with Crippen LogP contribution in [-0.4, -0.2) is 26.5 Å². The Labute approximate surface area is 148 Å². The summed E-state index contributed by atoms with van der Waals surface area (Å²) >= 11 is 3.15. The van der Waals surface area contributed by atoms with Gasteiger partial charge in [-0.1, -0.05) is 17.3 Å². The van der Waals surface area contributed by atoms with Gasteiger partial charge in [-0.3, -0.25) is 9.48 Å². The summed E-state index contributed by atoms with van der Waals surface area (Å²) in [6, 6.07) is 7.84. The SMILES string of the molecule is C#CCn1c(=NC(=O)c2ccnn2CC)sc2cc(SC)ccc21. The van der Waals surface area contributed by atoms with Gasteiger partial charge in [0.25, 0.3) is 5.91 Å². The van der Waals surface area contributed by atoms with Gasteiger partial charge >= 0.3 is 0 Å². The molecule has 122 valence electrons. The molecule has 0 aliphatic carbocycles. The summed E-state index contributed by atoms with van der Waals surface area (Å²) in [5.41, 5.74) is 1.47. The van der Waals surface area contributed by atoms with Crippen molar-refractivity contribution in [2.45, 2.75) is 24.9 Å². The van der Waals surface area contributed by atoms with E-state index in [-0.39, 0.29) is 5.91 Å². The lowest BCUT2D eigenvalue weighted by atomic mass is 10.3. The average molecular weight is 356 g/mol. The molecule has 5 nitrogen and oxygen atoms in total. The van der Waals surface area contributed by atoms with Gasteiger partial charge in [0.1, 0.15) is 5.69 Å². The van der Waals surface area contributed by atoms with Crippen molar-refractivity contribution in [3.63, 3.8) is 0 Å². The first-order valence-corrected chi connectivity index (χ1v) is 9.43. The number of aryl methyl sites for hydroxylation is 1. The Morgan fingerprint density at radius 1 is 1.46 bits per heavy atom. The number of carbonyl (C=O) groups is 1. The highest BCUT2D eigenvalue weighted by Gasteiger charge is 2.12. The second-order valence-electron chi connectivity index (χ2n) is 4.96. The average Bonchev–Trinajstić information content (AvgIpc) is 3.19. The van der Waals surface area contributed by atoms with E-state index in [9.17, 15) is 4.79 Å². The molecule has 0 saturated carbocycles. The highest BCUT2D eigenvalue weighted by molar-refractivity contribution is 7.98. The third kappa shape index (κ3) is 3.03. The molecule has 0 saturated heterocycles. The van der Waals surface area contributed by atoms with Crippen molar-refractivity contribution in [3.05, 3.63) is 41.0 Å². The molecule has 24 heavy (non-hydrogen) atoms. The number of amides is 1. The monoisotopic (exact) mass is 356 g/mol. The lowest BCUT2D eigenvalue weighted by molar-refractivity contribution is 0.0987. The number of nitrogens with zero attached hydrogens (tertiary/aromatic N) is 4. The maximum atomic E-state index is 12.5. The van der Waals surface area contributed by atoms with E-state index >= 15 is 0 Å². The number of fused-ring (bicyclic) bond motifs is 1. The fourth-order valence-corrected chi connectivity index (χ4v) is 4.00. The van der Waals surface area contributed by atoms with E-state index in [1.54, 1.807) is 28.7 Å².